The first kappa shape index (κ1) is 15.8. The molecule has 0 atom stereocenters. The summed E-state index contributed by atoms with van der Waals surface area (Å²) in [5.41, 5.74) is 0. The molecule has 0 bridgehead atoms. The molecule has 1 radical (unpaired) electrons. The Labute approximate surface area is 71.8 Å². The van der Waals surface area contributed by atoms with Crippen LogP contribution in [0.1, 0.15) is 0 Å². The van der Waals surface area contributed by atoms with E-state index in [9.17, 15) is 0 Å². The van der Waals surface area contributed by atoms with Gasteiger partial charge >= 0.3 is 29.6 Å². The quantitative estimate of drug-likeness (QED) is 0.290. The number of hydrogen-bond acceptors (Lipinski definition) is 1. The Hall–Kier alpha value is 1.85. The normalized spacial score (nSPS) is 3.40. The second-order valence-corrected chi connectivity index (χ2v) is 0.245. The molecule has 0 aliphatic rings. The van der Waals surface area contributed by atoms with Crippen LogP contribution in [-0.2, 0) is 34.3 Å². The second kappa shape index (κ2) is 16.9. The van der Waals surface area contributed by atoms with E-state index in [4.69, 9.17) is 8.76 Å². The van der Waals surface area contributed by atoms with Crippen LogP contribution in [0, 0.1) is 0 Å². The summed E-state index contributed by atoms with van der Waals surface area (Å²) in [5, 5.41) is 0. The van der Waals surface area contributed by atoms with Gasteiger partial charge in [0.05, 0.1) is 0 Å². The number of thiol groups is 1. The van der Waals surface area contributed by atoms with E-state index in [1.54, 1.807) is 0 Å². The molecule has 0 heterocycles. The maximum atomic E-state index is 8.46. The summed E-state index contributed by atoms with van der Waals surface area (Å²) < 4.78 is 15.4. The van der Waals surface area contributed by atoms with Gasteiger partial charge in [-0.05, 0) is 0 Å². The molecule has 0 saturated heterocycles. The Kier molecular flexibility index (Phi) is 53.6. The molecule has 0 rings (SSSR count). The van der Waals surface area contributed by atoms with Crippen molar-refractivity contribution >= 4 is 41.5 Å². The van der Waals surface area contributed by atoms with Crippen LogP contribution < -0.4 is 0 Å². The second-order valence-electron chi connectivity index (χ2n) is 0.0816. The Balaban J connectivity index is -0.0000000200. The van der Waals surface area contributed by atoms with Crippen LogP contribution in [0.15, 0.2) is 0 Å². The van der Waals surface area contributed by atoms with E-state index in [0.29, 0.717) is 0 Å². The third-order valence-electron chi connectivity index (χ3n) is 0. The van der Waals surface area contributed by atoms with E-state index < -0.39 is 11.9 Å². The fourth-order valence-corrected chi connectivity index (χ4v) is 0. The molecule has 0 amide bonds. The van der Waals surface area contributed by atoms with Crippen LogP contribution in [0.25, 0.3) is 0 Å². The van der Waals surface area contributed by atoms with Crippen molar-refractivity contribution in [1.82, 2.24) is 0 Å². The monoisotopic (exact) mass is 197 g/mol. The summed E-state index contributed by atoms with van der Waals surface area (Å²) in [4.78, 5) is 0. The van der Waals surface area contributed by atoms with E-state index in [-0.39, 0.29) is 51.9 Å². The van der Waals surface area contributed by atoms with Crippen LogP contribution in [0.5, 0.6) is 0 Å². The van der Waals surface area contributed by atoms with E-state index in [0.717, 1.165) is 0 Å². The molecule has 0 aromatic carbocycles. The summed E-state index contributed by atoms with van der Waals surface area (Å²) in [7, 11) is 0. The first-order valence-corrected chi connectivity index (χ1v) is 1.15. The fourth-order valence-electron chi connectivity index (χ4n) is 0. The van der Waals surface area contributed by atoms with Gasteiger partial charge in [0, 0.05) is 22.4 Å². The summed E-state index contributed by atoms with van der Waals surface area (Å²) in [5.74, 6) is 0. The average Bonchev–Trinajstić information content (AvgIpc) is 0.918. The van der Waals surface area contributed by atoms with Crippen LogP contribution in [-0.4, -0.2) is 38.3 Å². The van der Waals surface area contributed by atoms with Crippen LogP contribution >= 0.6 is 0 Å². The molecule has 0 fully saturated rings. The molecule has 2 nitrogen and oxygen atoms in total. The van der Waals surface area contributed by atoms with Crippen molar-refractivity contribution in [3.63, 3.8) is 0 Å². The molecule has 0 unspecified atom stereocenters. The summed E-state index contributed by atoms with van der Waals surface area (Å²) in [6.45, 7) is 0. The Morgan fingerprint density at radius 3 is 1.60 bits per heavy atom. The maximum absolute atomic E-state index is 8.46. The van der Waals surface area contributed by atoms with Gasteiger partial charge in [0.25, 0.3) is 0 Å². The topological polar surface area (TPSA) is 37.3 Å². The van der Waals surface area contributed by atoms with E-state index >= 15 is 0 Å². The van der Waals surface area contributed by atoms with Crippen molar-refractivity contribution in [2.75, 3.05) is 0 Å². The molecule has 0 aliphatic heterocycles. The molecule has 0 saturated carbocycles. The Bertz CT molecular complexity index is 17.1. The first-order chi connectivity index (χ1) is 1.41. The van der Waals surface area contributed by atoms with Gasteiger partial charge in [-0.15, -0.1) is 0 Å². The standard InChI is InChI=1S/Ag.Na.H2O2S.H/c;;1-3-2;/h;;3H,(H,1,2);. The number of hydrogen-bond donors (Lipinski definition) is 2. The van der Waals surface area contributed by atoms with Gasteiger partial charge in [0.2, 0.25) is 0 Å². The summed E-state index contributed by atoms with van der Waals surface area (Å²) in [6, 6.07) is 0. The molecule has 5 heavy (non-hydrogen) atoms. The third-order valence-corrected chi connectivity index (χ3v) is 0. The van der Waals surface area contributed by atoms with Gasteiger partial charge in [-0.2, -0.15) is 0 Å². The van der Waals surface area contributed by atoms with Crippen LogP contribution in [0.4, 0.5) is 0 Å². The van der Waals surface area contributed by atoms with Crippen molar-refractivity contribution in [3.8, 4) is 0 Å². The van der Waals surface area contributed by atoms with Gasteiger partial charge in [0.15, 0.2) is 0 Å². The SMILES string of the molecule is O=[SH]O.[Ag].[NaH]. The van der Waals surface area contributed by atoms with Crippen LogP contribution in [0.3, 0.4) is 0 Å². The van der Waals surface area contributed by atoms with Crippen molar-refractivity contribution < 1.29 is 31.1 Å². The Morgan fingerprint density at radius 2 is 1.60 bits per heavy atom. The van der Waals surface area contributed by atoms with Crippen LogP contribution in [0.2, 0.25) is 0 Å². The zero-order valence-electron chi connectivity index (χ0n) is 1.60. The predicted octanol–water partition coefficient (Wildman–Crippen LogP) is -1.25. The Morgan fingerprint density at radius 1 is 1.60 bits per heavy atom. The molecule has 1 N–H and O–H groups in total. The van der Waals surface area contributed by atoms with E-state index in [1.165, 1.54) is 0 Å². The molecule has 5 heteroatoms. The molecular weight excluding hydrogens is 195 g/mol. The third kappa shape index (κ3) is 25.3. The average molecular weight is 198 g/mol. The van der Waals surface area contributed by atoms with E-state index in [1.807, 2.05) is 0 Å². The van der Waals surface area contributed by atoms with E-state index in [2.05, 4.69) is 0 Å². The van der Waals surface area contributed by atoms with Crippen molar-refractivity contribution in [2.24, 2.45) is 0 Å². The molecule has 0 aliphatic carbocycles. The molecule has 0 spiro atoms. The van der Waals surface area contributed by atoms with Gasteiger partial charge < -0.3 is 4.55 Å². The summed E-state index contributed by atoms with van der Waals surface area (Å²) >= 11 is -0.833. The minimum absolute atomic E-state index is 0. The predicted molar refractivity (Wildman–Crippen MR) is 19.3 cm³/mol. The zero-order chi connectivity index (χ0) is 2.71. The van der Waals surface area contributed by atoms with Gasteiger partial charge in [-0.25, -0.2) is 4.21 Å². The van der Waals surface area contributed by atoms with Crippen molar-refractivity contribution in [2.45, 2.75) is 0 Å². The van der Waals surface area contributed by atoms with Crippen molar-refractivity contribution in [3.05, 3.63) is 0 Å². The van der Waals surface area contributed by atoms with Gasteiger partial charge in [-0.3, -0.25) is 0 Å². The fraction of sp³-hybridized carbons (Fsp3) is 0. The van der Waals surface area contributed by atoms with Gasteiger partial charge in [-0.1, -0.05) is 0 Å². The zero-order valence-corrected chi connectivity index (χ0v) is 3.98. The molecular formula is H3AgNaO2S. The van der Waals surface area contributed by atoms with Gasteiger partial charge in [0.1, 0.15) is 11.9 Å². The number of rotatable bonds is 0. The van der Waals surface area contributed by atoms with Crippen molar-refractivity contribution in [1.29, 1.82) is 0 Å². The minimum atomic E-state index is -0.833. The first-order valence-electron chi connectivity index (χ1n) is 0.383. The molecule has 33 valence electrons. The summed E-state index contributed by atoms with van der Waals surface area (Å²) in [6.07, 6.45) is 0. The molecule has 0 aromatic heterocycles. The molecule has 0 aromatic rings.